The molecule has 0 radical (unpaired) electrons. The second-order valence-corrected chi connectivity index (χ2v) is 6.76. The molecule has 1 fully saturated rings. The van der Waals surface area contributed by atoms with Crippen molar-refractivity contribution in [3.63, 3.8) is 0 Å². The molecular formula is C15H26O. The van der Waals surface area contributed by atoms with Crippen LogP contribution in [0.5, 0.6) is 0 Å². The third-order valence-electron chi connectivity index (χ3n) is 5.06. The van der Waals surface area contributed by atoms with Gasteiger partial charge in [0.2, 0.25) is 0 Å². The van der Waals surface area contributed by atoms with Crippen molar-refractivity contribution in [3.8, 4) is 0 Å². The molecule has 92 valence electrons. The molecule has 0 amide bonds. The van der Waals surface area contributed by atoms with E-state index in [-0.39, 0.29) is 5.41 Å². The minimum atomic E-state index is -0.445. The van der Waals surface area contributed by atoms with Crippen LogP contribution in [0.3, 0.4) is 0 Å². The minimum Gasteiger partial charge on any atom is -0.389 e. The van der Waals surface area contributed by atoms with E-state index in [1.165, 1.54) is 24.8 Å². The summed E-state index contributed by atoms with van der Waals surface area (Å²) in [7, 11) is 0. The van der Waals surface area contributed by atoms with Crippen molar-refractivity contribution in [2.75, 3.05) is 0 Å². The molecule has 0 aromatic carbocycles. The summed E-state index contributed by atoms with van der Waals surface area (Å²) in [5, 5.41) is 11.0. The van der Waals surface area contributed by atoms with E-state index in [0.717, 1.165) is 12.8 Å². The van der Waals surface area contributed by atoms with E-state index in [2.05, 4.69) is 33.8 Å². The summed E-state index contributed by atoms with van der Waals surface area (Å²) in [6.45, 7) is 9.11. The van der Waals surface area contributed by atoms with Gasteiger partial charge in [-0.25, -0.2) is 0 Å². The number of rotatable bonds is 0. The van der Waals surface area contributed by atoms with Crippen molar-refractivity contribution < 1.29 is 5.11 Å². The van der Waals surface area contributed by atoms with Gasteiger partial charge in [0.25, 0.3) is 0 Å². The van der Waals surface area contributed by atoms with Gasteiger partial charge in [0.15, 0.2) is 0 Å². The zero-order chi connectivity index (χ0) is 12.0. The number of aliphatic hydroxyl groups is 1. The highest BCUT2D eigenvalue weighted by Crippen LogP contribution is 2.52. The number of allylic oxidation sites excluding steroid dienone is 1. The molecule has 1 nitrogen and oxygen atoms in total. The van der Waals surface area contributed by atoms with Crippen molar-refractivity contribution in [2.45, 2.75) is 65.4 Å². The predicted octanol–water partition coefficient (Wildman–Crippen LogP) is 3.92. The summed E-state index contributed by atoms with van der Waals surface area (Å²) in [5.74, 6) is 0.801. The number of hydrogen-bond acceptors (Lipinski definition) is 1. The second-order valence-electron chi connectivity index (χ2n) is 6.76. The zero-order valence-electron chi connectivity index (χ0n) is 11.2. The fraction of sp³-hybridized carbons (Fsp3) is 0.867. The lowest BCUT2D eigenvalue weighted by Crippen LogP contribution is -2.49. The van der Waals surface area contributed by atoms with Gasteiger partial charge in [-0.05, 0) is 43.9 Å². The van der Waals surface area contributed by atoms with Gasteiger partial charge in [0, 0.05) is 5.92 Å². The van der Waals surface area contributed by atoms with Gasteiger partial charge in [0.05, 0.1) is 5.60 Å². The lowest BCUT2D eigenvalue weighted by atomic mass is 9.61. The average Bonchev–Trinajstić information content (AvgIpc) is 2.28. The Hall–Kier alpha value is -0.300. The first-order valence-corrected chi connectivity index (χ1v) is 6.76. The Kier molecular flexibility index (Phi) is 2.94. The second kappa shape index (κ2) is 3.87. The predicted molar refractivity (Wildman–Crippen MR) is 68.2 cm³/mol. The van der Waals surface area contributed by atoms with Gasteiger partial charge < -0.3 is 5.11 Å². The highest BCUT2D eigenvalue weighted by molar-refractivity contribution is 5.17. The minimum absolute atomic E-state index is 0.251. The Labute approximate surface area is 99.9 Å². The van der Waals surface area contributed by atoms with Crippen LogP contribution in [0.15, 0.2) is 11.6 Å². The summed E-state index contributed by atoms with van der Waals surface area (Å²) in [5.41, 5.74) is 1.28. The molecule has 0 heterocycles. The summed E-state index contributed by atoms with van der Waals surface area (Å²) < 4.78 is 0. The standard InChI is InChI=1S/C15H26O/c1-11-7-9-15(16)12(2)6-5-8-14(3,4)13(15)10-11/h10,12-13,16H,5-9H2,1-4H3/t12-,13+,15-/m0/s1. The van der Waals surface area contributed by atoms with Crippen LogP contribution >= 0.6 is 0 Å². The first-order chi connectivity index (χ1) is 7.36. The molecule has 2 aliphatic carbocycles. The molecule has 2 aliphatic rings. The monoisotopic (exact) mass is 222 g/mol. The Balaban J connectivity index is 2.42. The van der Waals surface area contributed by atoms with E-state index in [1.54, 1.807) is 0 Å². The van der Waals surface area contributed by atoms with Gasteiger partial charge in [-0.3, -0.25) is 0 Å². The number of hydrogen-bond donors (Lipinski definition) is 1. The smallest absolute Gasteiger partial charge is 0.0743 e. The maximum atomic E-state index is 11.0. The Bertz CT molecular complexity index is 303. The molecule has 1 N–H and O–H groups in total. The quantitative estimate of drug-likeness (QED) is 0.616. The fourth-order valence-electron chi connectivity index (χ4n) is 3.79. The van der Waals surface area contributed by atoms with Crippen molar-refractivity contribution in [3.05, 3.63) is 11.6 Å². The van der Waals surface area contributed by atoms with Crippen molar-refractivity contribution >= 4 is 0 Å². The van der Waals surface area contributed by atoms with Crippen molar-refractivity contribution in [1.29, 1.82) is 0 Å². The molecule has 16 heavy (non-hydrogen) atoms. The van der Waals surface area contributed by atoms with Crippen LogP contribution in [0.4, 0.5) is 0 Å². The van der Waals surface area contributed by atoms with E-state index in [4.69, 9.17) is 0 Å². The van der Waals surface area contributed by atoms with Gasteiger partial charge in [-0.15, -0.1) is 0 Å². The van der Waals surface area contributed by atoms with Crippen molar-refractivity contribution in [1.82, 2.24) is 0 Å². The van der Waals surface area contributed by atoms with Gasteiger partial charge in [0.1, 0.15) is 0 Å². The summed E-state index contributed by atoms with van der Waals surface area (Å²) in [6, 6.07) is 0. The van der Waals surface area contributed by atoms with Gasteiger partial charge >= 0.3 is 0 Å². The lowest BCUT2D eigenvalue weighted by Gasteiger charge is -2.47. The van der Waals surface area contributed by atoms with Crippen LogP contribution in [0.25, 0.3) is 0 Å². The van der Waals surface area contributed by atoms with Crippen LogP contribution < -0.4 is 0 Å². The third-order valence-corrected chi connectivity index (χ3v) is 5.06. The molecule has 1 saturated carbocycles. The van der Waals surface area contributed by atoms with E-state index in [1.807, 2.05) is 0 Å². The Morgan fingerprint density at radius 1 is 1.31 bits per heavy atom. The first-order valence-electron chi connectivity index (χ1n) is 6.76. The average molecular weight is 222 g/mol. The van der Waals surface area contributed by atoms with E-state index >= 15 is 0 Å². The summed E-state index contributed by atoms with van der Waals surface area (Å²) in [4.78, 5) is 0. The molecule has 1 heteroatoms. The molecular weight excluding hydrogens is 196 g/mol. The molecule has 0 aromatic heterocycles. The van der Waals surface area contributed by atoms with Crippen LogP contribution in [0.1, 0.15) is 59.8 Å². The highest BCUT2D eigenvalue weighted by Gasteiger charge is 2.50. The van der Waals surface area contributed by atoms with Crippen LogP contribution in [0.2, 0.25) is 0 Å². The molecule has 0 unspecified atom stereocenters. The molecule has 2 rings (SSSR count). The normalized spacial score (nSPS) is 43.2. The van der Waals surface area contributed by atoms with Gasteiger partial charge in [-0.2, -0.15) is 0 Å². The Morgan fingerprint density at radius 2 is 2.00 bits per heavy atom. The third kappa shape index (κ3) is 1.84. The Morgan fingerprint density at radius 3 is 2.69 bits per heavy atom. The summed E-state index contributed by atoms with van der Waals surface area (Å²) in [6.07, 6.45) is 8.10. The topological polar surface area (TPSA) is 20.2 Å². The maximum Gasteiger partial charge on any atom is 0.0743 e. The SMILES string of the molecule is CC1=C[C@@H]2C(C)(C)CCC[C@H](C)[C@@]2(O)CC1. The van der Waals surface area contributed by atoms with E-state index in [0.29, 0.717) is 11.8 Å². The van der Waals surface area contributed by atoms with Crippen LogP contribution in [-0.2, 0) is 0 Å². The largest absolute Gasteiger partial charge is 0.389 e. The summed E-state index contributed by atoms with van der Waals surface area (Å²) >= 11 is 0. The van der Waals surface area contributed by atoms with Crippen LogP contribution in [0, 0.1) is 17.3 Å². The fourth-order valence-corrected chi connectivity index (χ4v) is 3.79. The lowest BCUT2D eigenvalue weighted by molar-refractivity contribution is -0.0870. The molecule has 0 aromatic rings. The van der Waals surface area contributed by atoms with E-state index < -0.39 is 5.60 Å². The molecule has 0 bridgehead atoms. The highest BCUT2D eigenvalue weighted by atomic mass is 16.3. The molecule has 0 saturated heterocycles. The molecule has 3 atom stereocenters. The first kappa shape index (κ1) is 12.2. The number of fused-ring (bicyclic) bond motifs is 1. The van der Waals surface area contributed by atoms with Crippen molar-refractivity contribution in [2.24, 2.45) is 17.3 Å². The molecule has 0 aliphatic heterocycles. The zero-order valence-corrected chi connectivity index (χ0v) is 11.2. The molecule has 0 spiro atoms. The van der Waals surface area contributed by atoms with Gasteiger partial charge in [-0.1, -0.05) is 38.8 Å². The van der Waals surface area contributed by atoms with E-state index in [9.17, 15) is 5.11 Å². The maximum absolute atomic E-state index is 11.0. The van der Waals surface area contributed by atoms with Crippen LogP contribution in [-0.4, -0.2) is 10.7 Å².